The van der Waals surface area contributed by atoms with Crippen molar-refractivity contribution in [1.29, 1.82) is 0 Å². The molecule has 1 rings (SSSR count). The Morgan fingerprint density at radius 1 is 1.13 bits per heavy atom. The minimum atomic E-state index is -2.20. The van der Waals surface area contributed by atoms with E-state index in [0.717, 1.165) is 10.8 Å². The number of ketones is 1. The molecule has 132 valence electrons. The van der Waals surface area contributed by atoms with Crippen LogP contribution in [-0.2, 0) is 4.79 Å². The molecule has 0 heterocycles. The van der Waals surface area contributed by atoms with E-state index in [1.807, 2.05) is 13.8 Å². The number of allylic oxidation sites excluding steroid dienone is 1. The third-order valence-electron chi connectivity index (χ3n) is 6.26. The molecule has 23 heavy (non-hydrogen) atoms. The van der Waals surface area contributed by atoms with E-state index in [4.69, 9.17) is 0 Å². The Morgan fingerprint density at radius 2 is 1.52 bits per heavy atom. The van der Waals surface area contributed by atoms with Gasteiger partial charge in [-0.2, -0.15) is 0 Å². The van der Waals surface area contributed by atoms with E-state index in [2.05, 4.69) is 41.5 Å². The van der Waals surface area contributed by atoms with Crippen LogP contribution < -0.4 is 0 Å². The van der Waals surface area contributed by atoms with Crippen molar-refractivity contribution in [3.63, 3.8) is 0 Å². The van der Waals surface area contributed by atoms with Crippen molar-refractivity contribution < 1.29 is 9.72 Å². The zero-order valence-electron chi connectivity index (χ0n) is 16.2. The molecule has 0 spiro atoms. The van der Waals surface area contributed by atoms with E-state index >= 15 is 0 Å². The second-order valence-electron chi connectivity index (χ2n) is 8.42. The third-order valence-corrected chi connectivity index (χ3v) is 13.5. The third kappa shape index (κ3) is 2.81. The van der Waals surface area contributed by atoms with Gasteiger partial charge in [-0.1, -0.05) is 54.0 Å². The second kappa shape index (κ2) is 6.50. The first-order chi connectivity index (χ1) is 10.3. The molecule has 0 N–H and O–H groups in total. The number of carbonyl (C=O) groups is 1. The Labute approximate surface area is 141 Å². The molecule has 4 nitrogen and oxygen atoms in total. The van der Waals surface area contributed by atoms with Crippen LogP contribution in [-0.4, -0.2) is 24.3 Å². The van der Waals surface area contributed by atoms with Crippen LogP contribution in [0.4, 0.5) is 0 Å². The van der Waals surface area contributed by atoms with Crippen LogP contribution >= 0.6 is 0 Å². The van der Waals surface area contributed by atoms with Crippen LogP contribution in [0.25, 0.3) is 0 Å². The molecule has 0 radical (unpaired) electrons. The molecule has 1 aliphatic rings. The molecule has 0 aromatic rings. The van der Waals surface area contributed by atoms with E-state index in [-0.39, 0.29) is 16.6 Å². The molecule has 5 heteroatoms. The highest BCUT2D eigenvalue weighted by atomic mass is 28.3. The first-order valence-electron chi connectivity index (χ1n) is 8.75. The van der Waals surface area contributed by atoms with Gasteiger partial charge in [0.05, 0.1) is 8.07 Å². The highest BCUT2D eigenvalue weighted by Crippen LogP contribution is 2.51. The van der Waals surface area contributed by atoms with Gasteiger partial charge in [-0.25, -0.2) is 0 Å². The molecule has 1 aliphatic carbocycles. The summed E-state index contributed by atoms with van der Waals surface area (Å²) in [6.45, 7) is 18.8. The van der Waals surface area contributed by atoms with Gasteiger partial charge in [-0.15, -0.1) is 0 Å². The van der Waals surface area contributed by atoms with Crippen molar-refractivity contribution in [2.24, 2.45) is 5.92 Å². The highest BCUT2D eigenvalue weighted by molar-refractivity contribution is 6.93. The number of nitro groups is 1. The van der Waals surface area contributed by atoms with E-state index in [0.29, 0.717) is 23.0 Å². The summed E-state index contributed by atoms with van der Waals surface area (Å²) >= 11 is 0. The first-order valence-corrected chi connectivity index (χ1v) is 11.0. The zero-order valence-corrected chi connectivity index (χ0v) is 17.2. The van der Waals surface area contributed by atoms with Crippen molar-refractivity contribution in [3.05, 3.63) is 20.9 Å². The summed E-state index contributed by atoms with van der Waals surface area (Å²) in [4.78, 5) is 24.7. The molecule has 0 unspecified atom stereocenters. The lowest BCUT2D eigenvalue weighted by Crippen LogP contribution is -2.58. The van der Waals surface area contributed by atoms with Gasteiger partial charge in [0.2, 0.25) is 5.78 Å². The van der Waals surface area contributed by atoms with Crippen LogP contribution in [0.5, 0.6) is 0 Å². The van der Waals surface area contributed by atoms with Gasteiger partial charge in [0.1, 0.15) is 0 Å². The number of hydrogen-bond acceptors (Lipinski definition) is 3. The van der Waals surface area contributed by atoms with Crippen molar-refractivity contribution >= 4 is 13.9 Å². The number of nitrogens with zero attached hydrogens (tertiary/aromatic N) is 1. The van der Waals surface area contributed by atoms with E-state index < -0.39 is 13.6 Å². The molecule has 0 aromatic carbocycles. The molecule has 0 amide bonds. The van der Waals surface area contributed by atoms with E-state index in [1.54, 1.807) is 0 Å². The predicted molar refractivity (Wildman–Crippen MR) is 97.9 cm³/mol. The molecule has 0 fully saturated rings. The fourth-order valence-corrected chi connectivity index (χ4v) is 12.4. The summed E-state index contributed by atoms with van der Waals surface area (Å²) in [7, 11) is -2.20. The van der Waals surface area contributed by atoms with Crippen LogP contribution in [0.1, 0.15) is 68.7 Å². The lowest BCUT2D eigenvalue weighted by Gasteiger charge is -2.48. The molecule has 0 aromatic heterocycles. The monoisotopic (exact) mass is 339 g/mol. The predicted octanol–water partition coefficient (Wildman–Crippen LogP) is 5.17. The van der Waals surface area contributed by atoms with E-state index in [9.17, 15) is 14.9 Å². The molecular formula is C18H33NO3Si. The topological polar surface area (TPSA) is 60.2 Å². The molecule has 0 aliphatic heterocycles. The van der Waals surface area contributed by atoms with Gasteiger partial charge in [-0.05, 0) is 34.7 Å². The van der Waals surface area contributed by atoms with Crippen molar-refractivity contribution in [2.45, 2.75) is 90.9 Å². The van der Waals surface area contributed by atoms with Gasteiger partial charge in [-0.3, -0.25) is 14.9 Å². The maximum absolute atomic E-state index is 13.3. The van der Waals surface area contributed by atoms with E-state index in [1.165, 1.54) is 6.92 Å². The van der Waals surface area contributed by atoms with Crippen molar-refractivity contribution in [3.8, 4) is 0 Å². The number of carbonyl (C=O) groups excluding carboxylic acids is 1. The molecule has 0 bridgehead atoms. The van der Waals surface area contributed by atoms with Crippen molar-refractivity contribution in [1.82, 2.24) is 0 Å². The van der Waals surface area contributed by atoms with Crippen molar-refractivity contribution in [2.75, 3.05) is 0 Å². The van der Waals surface area contributed by atoms with Crippen LogP contribution in [0.3, 0.4) is 0 Å². The van der Waals surface area contributed by atoms with Gasteiger partial charge >= 0.3 is 0 Å². The smallest absolute Gasteiger partial charge is 0.280 e. The molecule has 2 atom stereocenters. The minimum absolute atomic E-state index is 0.0845. The van der Waals surface area contributed by atoms with Gasteiger partial charge in [0.15, 0.2) is 0 Å². The Morgan fingerprint density at radius 3 is 1.83 bits per heavy atom. The maximum Gasteiger partial charge on any atom is 0.280 e. The van der Waals surface area contributed by atoms with Crippen LogP contribution in [0.2, 0.25) is 16.6 Å². The summed E-state index contributed by atoms with van der Waals surface area (Å²) in [5, 5.41) is 12.6. The summed E-state index contributed by atoms with van der Waals surface area (Å²) < 4.78 is 0. The molecular weight excluding hydrogens is 306 g/mol. The summed E-state index contributed by atoms with van der Waals surface area (Å²) in [5.41, 5.74) is 0.760. The molecule has 0 saturated heterocycles. The van der Waals surface area contributed by atoms with Gasteiger partial charge in [0.25, 0.3) is 5.54 Å². The number of rotatable bonds is 5. The quantitative estimate of drug-likeness (QED) is 0.394. The summed E-state index contributed by atoms with van der Waals surface area (Å²) in [6.07, 6.45) is 0.312. The fourth-order valence-electron chi connectivity index (χ4n) is 5.10. The molecule has 0 saturated carbocycles. The SMILES string of the molecule is CC1=C([Si](C(C)C)(C(C)C)C(C)C)C(=O)[C@@](C)([N+](=O)[O-])C[C@H]1C. The van der Waals surface area contributed by atoms with Crippen LogP contribution in [0, 0.1) is 16.0 Å². The Hall–Kier alpha value is -0.973. The second-order valence-corrected chi connectivity index (χ2v) is 14.3. The Kier molecular flexibility index (Phi) is 5.67. The highest BCUT2D eigenvalue weighted by Gasteiger charge is 2.59. The normalized spacial score (nSPS) is 26.6. The summed E-state index contributed by atoms with van der Waals surface area (Å²) in [5.74, 6) is -0.123. The summed E-state index contributed by atoms with van der Waals surface area (Å²) in [6, 6.07) is 0. The maximum atomic E-state index is 13.3. The first kappa shape index (κ1) is 20.1. The average Bonchev–Trinajstić information content (AvgIpc) is 2.39. The Bertz CT molecular complexity index is 515. The largest absolute Gasteiger partial charge is 0.287 e. The standard InChI is InChI=1S/C18H33NO3Si/c1-11(2)23(12(3)4,13(5)6)16-15(8)14(7)10-18(9,17(16)20)19(21)22/h11-14H,10H2,1-9H3/t14-,18+/m1/s1. The number of hydrogen-bond donors (Lipinski definition) is 0. The Balaban J connectivity index is 3.78. The number of Topliss-reactive ketones (excluding diaryl/α,β-unsaturated/α-hetero) is 1. The minimum Gasteiger partial charge on any atom is -0.287 e. The average molecular weight is 340 g/mol. The zero-order chi connectivity index (χ0) is 18.3. The lowest BCUT2D eigenvalue weighted by molar-refractivity contribution is -0.549. The van der Waals surface area contributed by atoms with Crippen LogP contribution in [0.15, 0.2) is 10.8 Å². The lowest BCUT2D eigenvalue weighted by atomic mass is 9.77. The van der Waals surface area contributed by atoms with Gasteiger partial charge in [0, 0.05) is 18.3 Å². The fraction of sp³-hybridized carbons (Fsp3) is 0.833. The van der Waals surface area contributed by atoms with Gasteiger partial charge < -0.3 is 0 Å².